The molecule has 29 heavy (non-hydrogen) atoms. The second-order valence-electron chi connectivity index (χ2n) is 6.39. The molecule has 5 nitrogen and oxygen atoms in total. The van der Waals surface area contributed by atoms with Crippen LogP contribution in [-0.4, -0.2) is 26.5 Å². The van der Waals surface area contributed by atoms with E-state index in [9.17, 15) is 14.0 Å². The molecule has 0 atom stereocenters. The lowest BCUT2D eigenvalue weighted by Gasteiger charge is -2.09. The molecule has 0 spiro atoms. The fraction of sp³-hybridized carbons (Fsp3) is 0.0455. The van der Waals surface area contributed by atoms with Crippen LogP contribution in [-0.2, 0) is 6.42 Å². The molecule has 0 N–H and O–H groups in total. The van der Waals surface area contributed by atoms with Crippen LogP contribution in [0.15, 0.2) is 67.3 Å². The lowest BCUT2D eigenvalue weighted by atomic mass is 9.96. The number of carbonyl (C=O) groups excluding carboxylic acids is 2. The first-order valence-corrected chi connectivity index (χ1v) is 9.07. The molecule has 3 heterocycles. The Balaban J connectivity index is 1.77. The van der Waals surface area contributed by atoms with Gasteiger partial charge < -0.3 is 0 Å². The van der Waals surface area contributed by atoms with Crippen molar-refractivity contribution in [3.8, 4) is 0 Å². The number of Topliss-reactive ketones (excluding diaryl/α,β-unsaturated/α-hetero) is 1. The van der Waals surface area contributed by atoms with Crippen molar-refractivity contribution >= 4 is 34.1 Å². The molecule has 4 rings (SSSR count). The number of carbonyl (C=O) groups is 2. The highest BCUT2D eigenvalue weighted by molar-refractivity contribution is 6.30. The maximum absolute atomic E-state index is 13.5. The number of aromatic nitrogens is 3. The fourth-order valence-electron chi connectivity index (χ4n) is 3.01. The Bertz CT molecular complexity index is 1240. The zero-order valence-corrected chi connectivity index (χ0v) is 15.7. The minimum absolute atomic E-state index is 0.0298. The number of pyridine rings is 3. The molecule has 7 heteroatoms. The maximum Gasteiger partial charge on any atom is 0.194 e. The number of nitrogens with zero attached hydrogens (tertiary/aromatic N) is 3. The molecule has 0 aliphatic heterocycles. The quantitative estimate of drug-likeness (QED) is 0.458. The summed E-state index contributed by atoms with van der Waals surface area (Å²) in [6, 6.07) is 11.0. The zero-order chi connectivity index (χ0) is 20.4. The molecule has 0 fully saturated rings. The predicted molar refractivity (Wildman–Crippen MR) is 107 cm³/mol. The minimum Gasteiger partial charge on any atom is -0.294 e. The molecule has 142 valence electrons. The van der Waals surface area contributed by atoms with Crippen LogP contribution in [0.4, 0.5) is 4.39 Å². The second-order valence-corrected chi connectivity index (χ2v) is 6.82. The van der Waals surface area contributed by atoms with Gasteiger partial charge in [0.1, 0.15) is 5.82 Å². The summed E-state index contributed by atoms with van der Waals surface area (Å²) in [6.45, 7) is 0. The van der Waals surface area contributed by atoms with Crippen LogP contribution in [0.3, 0.4) is 0 Å². The third-order valence-corrected chi connectivity index (χ3v) is 4.59. The third-order valence-electron chi connectivity index (χ3n) is 4.36. The van der Waals surface area contributed by atoms with Crippen molar-refractivity contribution < 1.29 is 14.0 Å². The first kappa shape index (κ1) is 18.8. The predicted octanol–water partition coefficient (Wildman–Crippen LogP) is 4.47. The standard InChI is InChI=1S/C22H13ClFN3O2/c23-16-3-4-18(27-11-16)9-20(28)19-8-14(6-13-2-1-5-26-21(13)19)22(29)15-7-17(24)12-25-10-15/h1-8,10-12H,9H2. The van der Waals surface area contributed by atoms with Gasteiger partial charge in [0.25, 0.3) is 0 Å². The number of rotatable bonds is 5. The Morgan fingerprint density at radius 1 is 0.966 bits per heavy atom. The number of halogens is 2. The van der Waals surface area contributed by atoms with E-state index in [0.29, 0.717) is 27.2 Å². The summed E-state index contributed by atoms with van der Waals surface area (Å²) in [7, 11) is 0. The van der Waals surface area contributed by atoms with Crippen LogP contribution in [0.5, 0.6) is 0 Å². The van der Waals surface area contributed by atoms with Crippen molar-refractivity contribution in [2.24, 2.45) is 0 Å². The van der Waals surface area contributed by atoms with Gasteiger partial charge in [-0.05, 0) is 36.4 Å². The number of ketones is 2. The number of benzene rings is 1. The van der Waals surface area contributed by atoms with Crippen molar-refractivity contribution in [2.75, 3.05) is 0 Å². The summed E-state index contributed by atoms with van der Waals surface area (Å²) >= 11 is 5.84. The van der Waals surface area contributed by atoms with Gasteiger partial charge in [-0.2, -0.15) is 0 Å². The fourth-order valence-corrected chi connectivity index (χ4v) is 3.12. The lowest BCUT2D eigenvalue weighted by molar-refractivity contribution is 0.0993. The van der Waals surface area contributed by atoms with E-state index in [1.807, 2.05) is 0 Å². The zero-order valence-electron chi connectivity index (χ0n) is 15.0. The van der Waals surface area contributed by atoms with Gasteiger partial charge in [0.15, 0.2) is 11.6 Å². The summed E-state index contributed by atoms with van der Waals surface area (Å²) in [4.78, 5) is 38.0. The smallest absolute Gasteiger partial charge is 0.194 e. The summed E-state index contributed by atoms with van der Waals surface area (Å²) in [5.74, 6) is -1.28. The van der Waals surface area contributed by atoms with Crippen LogP contribution in [0.2, 0.25) is 5.02 Å². The molecule has 0 amide bonds. The van der Waals surface area contributed by atoms with Crippen molar-refractivity contribution in [3.05, 3.63) is 100 Å². The van der Waals surface area contributed by atoms with Crippen molar-refractivity contribution in [1.82, 2.24) is 15.0 Å². The Labute approximate surface area is 170 Å². The summed E-state index contributed by atoms with van der Waals surface area (Å²) < 4.78 is 13.5. The Hall–Kier alpha value is -3.51. The average molecular weight is 406 g/mol. The Kier molecular flexibility index (Phi) is 5.10. The molecule has 0 bridgehead atoms. The highest BCUT2D eigenvalue weighted by atomic mass is 35.5. The second kappa shape index (κ2) is 7.85. The van der Waals surface area contributed by atoms with E-state index < -0.39 is 11.6 Å². The SMILES string of the molecule is O=C(c1cncc(F)c1)c1cc(C(=O)Cc2ccc(Cl)cn2)c2ncccc2c1. The normalized spacial score (nSPS) is 10.8. The van der Waals surface area contributed by atoms with Crippen molar-refractivity contribution in [1.29, 1.82) is 0 Å². The Morgan fingerprint density at radius 3 is 2.59 bits per heavy atom. The highest BCUT2D eigenvalue weighted by Crippen LogP contribution is 2.23. The highest BCUT2D eigenvalue weighted by Gasteiger charge is 2.18. The van der Waals surface area contributed by atoms with Gasteiger partial charge in [0.2, 0.25) is 0 Å². The van der Waals surface area contributed by atoms with Crippen molar-refractivity contribution in [3.63, 3.8) is 0 Å². The van der Waals surface area contributed by atoms with E-state index in [0.717, 1.165) is 12.3 Å². The van der Waals surface area contributed by atoms with Gasteiger partial charge in [0.05, 0.1) is 23.2 Å². The van der Waals surface area contributed by atoms with Crippen LogP contribution in [0.25, 0.3) is 10.9 Å². The largest absolute Gasteiger partial charge is 0.294 e. The van der Waals surface area contributed by atoms with Gasteiger partial charge >= 0.3 is 0 Å². The summed E-state index contributed by atoms with van der Waals surface area (Å²) in [5, 5.41) is 1.11. The van der Waals surface area contributed by atoms with E-state index in [1.165, 1.54) is 18.5 Å². The number of hydrogen-bond acceptors (Lipinski definition) is 5. The first-order chi connectivity index (χ1) is 14.0. The molecule has 0 aliphatic carbocycles. The molecule has 0 radical (unpaired) electrons. The monoisotopic (exact) mass is 405 g/mol. The van der Waals surface area contributed by atoms with Gasteiger partial charge in [-0.25, -0.2) is 4.39 Å². The van der Waals surface area contributed by atoms with Gasteiger partial charge in [0, 0.05) is 46.4 Å². The molecule has 3 aromatic heterocycles. The first-order valence-electron chi connectivity index (χ1n) is 8.69. The molecule has 0 aliphatic rings. The van der Waals surface area contributed by atoms with Crippen LogP contribution in [0, 0.1) is 5.82 Å². The molecule has 1 aromatic carbocycles. The molecule has 0 saturated heterocycles. The van der Waals surface area contributed by atoms with Gasteiger partial charge in [-0.1, -0.05) is 17.7 Å². The number of hydrogen-bond donors (Lipinski definition) is 0. The maximum atomic E-state index is 13.5. The van der Waals surface area contributed by atoms with Crippen LogP contribution >= 0.6 is 11.6 Å². The third kappa shape index (κ3) is 4.02. The van der Waals surface area contributed by atoms with E-state index in [1.54, 1.807) is 36.5 Å². The molecular weight excluding hydrogens is 393 g/mol. The molecule has 0 unspecified atom stereocenters. The van der Waals surface area contributed by atoms with Crippen molar-refractivity contribution in [2.45, 2.75) is 6.42 Å². The van der Waals surface area contributed by atoms with Crippen LogP contribution in [0.1, 0.15) is 32.0 Å². The molecule has 0 saturated carbocycles. The van der Waals surface area contributed by atoms with E-state index in [4.69, 9.17) is 11.6 Å². The summed E-state index contributed by atoms with van der Waals surface area (Å²) in [5.41, 5.74) is 1.69. The minimum atomic E-state index is -0.608. The van der Waals surface area contributed by atoms with Gasteiger partial charge in [-0.15, -0.1) is 0 Å². The Morgan fingerprint density at radius 2 is 1.83 bits per heavy atom. The molecule has 4 aromatic rings. The van der Waals surface area contributed by atoms with E-state index in [2.05, 4.69) is 15.0 Å². The molecular formula is C22H13ClFN3O2. The average Bonchev–Trinajstić information content (AvgIpc) is 2.74. The number of fused-ring (bicyclic) bond motifs is 1. The lowest BCUT2D eigenvalue weighted by Crippen LogP contribution is -2.10. The van der Waals surface area contributed by atoms with Gasteiger partial charge in [-0.3, -0.25) is 24.5 Å². The summed E-state index contributed by atoms with van der Waals surface area (Å²) in [6.07, 6.45) is 5.39. The van der Waals surface area contributed by atoms with E-state index in [-0.39, 0.29) is 23.3 Å². The topological polar surface area (TPSA) is 72.8 Å². The van der Waals surface area contributed by atoms with E-state index >= 15 is 0 Å². The van der Waals surface area contributed by atoms with Crippen LogP contribution < -0.4 is 0 Å².